The lowest BCUT2D eigenvalue weighted by Crippen LogP contribution is -2.05. The van der Waals surface area contributed by atoms with Crippen LogP contribution in [0.25, 0.3) is 0 Å². The van der Waals surface area contributed by atoms with E-state index in [4.69, 9.17) is 14.2 Å². The Bertz CT molecular complexity index is 453. The van der Waals surface area contributed by atoms with Gasteiger partial charge in [0.25, 0.3) is 0 Å². The Hall–Kier alpha value is -2.00. The third kappa shape index (κ3) is 3.26. The Morgan fingerprint density at radius 1 is 1.05 bits per heavy atom. The zero-order valence-electron chi connectivity index (χ0n) is 11.9. The molecule has 0 aliphatic carbocycles. The molecule has 5 nitrogen and oxygen atoms in total. The van der Waals surface area contributed by atoms with Crippen molar-refractivity contribution in [1.29, 1.82) is 0 Å². The monoisotopic (exact) mass is 265 g/mol. The molecule has 0 amide bonds. The maximum Gasteiger partial charge on any atom is 0.235 e. The molecule has 0 aliphatic rings. The number of aliphatic imine (C=N–C) groups is 1. The number of carbonyl (C=O) groups excluding carboxylic acids is 1. The van der Waals surface area contributed by atoms with E-state index in [9.17, 15) is 4.79 Å². The lowest BCUT2D eigenvalue weighted by Gasteiger charge is -2.19. The minimum absolute atomic E-state index is 0.157. The Kier molecular flexibility index (Phi) is 5.39. The zero-order chi connectivity index (χ0) is 14.4. The summed E-state index contributed by atoms with van der Waals surface area (Å²) in [6.07, 6.45) is 1.61. The van der Waals surface area contributed by atoms with Gasteiger partial charge in [-0.3, -0.25) is 0 Å². The van der Waals surface area contributed by atoms with Crippen LogP contribution in [0.3, 0.4) is 0 Å². The number of methoxy groups -OCH3 is 3. The van der Waals surface area contributed by atoms with E-state index in [1.807, 2.05) is 13.8 Å². The van der Waals surface area contributed by atoms with Crippen LogP contribution in [-0.4, -0.2) is 27.4 Å². The highest BCUT2D eigenvalue weighted by Crippen LogP contribution is 2.41. The number of rotatable bonds is 6. The molecule has 1 atom stereocenters. The summed E-state index contributed by atoms with van der Waals surface area (Å²) in [5, 5.41) is 0. The summed E-state index contributed by atoms with van der Waals surface area (Å²) in [6, 6.07) is 3.31. The Labute approximate surface area is 113 Å². The van der Waals surface area contributed by atoms with Gasteiger partial charge in [0.2, 0.25) is 11.8 Å². The second kappa shape index (κ2) is 6.81. The quantitative estimate of drug-likeness (QED) is 0.586. The first-order valence-electron chi connectivity index (χ1n) is 5.95. The molecule has 5 heteroatoms. The van der Waals surface area contributed by atoms with Crippen molar-refractivity contribution in [3.05, 3.63) is 17.7 Å². The molecule has 0 bridgehead atoms. The van der Waals surface area contributed by atoms with Crippen molar-refractivity contribution in [3.63, 3.8) is 0 Å². The predicted octanol–water partition coefficient (Wildman–Crippen LogP) is 2.75. The molecule has 0 spiro atoms. The molecule has 19 heavy (non-hydrogen) atoms. The van der Waals surface area contributed by atoms with Gasteiger partial charge in [-0.25, -0.2) is 4.79 Å². The van der Waals surface area contributed by atoms with Crippen molar-refractivity contribution in [3.8, 4) is 17.2 Å². The standard InChI is InChI=1S/C14H19NO4/c1-9(2)13(15-8-16)10-6-11(17-3)14(19-5)12(7-10)18-4/h6-7,9,13H,1-5H3. The van der Waals surface area contributed by atoms with E-state index in [-0.39, 0.29) is 12.0 Å². The van der Waals surface area contributed by atoms with Gasteiger partial charge < -0.3 is 14.2 Å². The summed E-state index contributed by atoms with van der Waals surface area (Å²) in [7, 11) is 4.65. The molecular formula is C14H19NO4. The molecular weight excluding hydrogens is 246 g/mol. The Morgan fingerprint density at radius 2 is 1.58 bits per heavy atom. The lowest BCUT2D eigenvalue weighted by atomic mass is 9.96. The second-order valence-corrected chi connectivity index (χ2v) is 4.37. The number of ether oxygens (including phenoxy) is 3. The summed E-state index contributed by atoms with van der Waals surface area (Å²) < 4.78 is 15.8. The van der Waals surface area contributed by atoms with Crippen molar-refractivity contribution in [2.24, 2.45) is 10.9 Å². The van der Waals surface area contributed by atoms with E-state index >= 15 is 0 Å². The highest BCUT2D eigenvalue weighted by atomic mass is 16.5. The average molecular weight is 265 g/mol. The molecule has 0 saturated carbocycles. The molecule has 0 aromatic heterocycles. The van der Waals surface area contributed by atoms with Crippen LogP contribution >= 0.6 is 0 Å². The summed E-state index contributed by atoms with van der Waals surface area (Å²) in [6.45, 7) is 3.96. The van der Waals surface area contributed by atoms with Crippen molar-refractivity contribution < 1.29 is 19.0 Å². The first kappa shape index (κ1) is 15.1. The van der Waals surface area contributed by atoms with Crippen LogP contribution in [0.15, 0.2) is 17.1 Å². The van der Waals surface area contributed by atoms with Crippen LogP contribution in [0, 0.1) is 5.92 Å². The van der Waals surface area contributed by atoms with Crippen molar-refractivity contribution in [1.82, 2.24) is 0 Å². The minimum atomic E-state index is -0.286. The minimum Gasteiger partial charge on any atom is -0.493 e. The molecule has 1 aromatic rings. The van der Waals surface area contributed by atoms with Gasteiger partial charge in [0.05, 0.1) is 27.4 Å². The van der Waals surface area contributed by atoms with E-state index in [0.717, 1.165) is 5.56 Å². The highest BCUT2D eigenvalue weighted by molar-refractivity contribution is 5.54. The smallest absolute Gasteiger partial charge is 0.235 e. The van der Waals surface area contributed by atoms with Gasteiger partial charge in [0, 0.05) is 0 Å². The summed E-state index contributed by atoms with van der Waals surface area (Å²) in [5.41, 5.74) is 0.827. The van der Waals surface area contributed by atoms with Crippen LogP contribution < -0.4 is 14.2 Å². The van der Waals surface area contributed by atoms with Crippen molar-refractivity contribution in [2.45, 2.75) is 19.9 Å². The SMILES string of the molecule is COc1cc(C(N=C=O)C(C)C)cc(OC)c1OC. The number of isocyanates is 1. The van der Waals surface area contributed by atoms with Crippen molar-refractivity contribution in [2.75, 3.05) is 21.3 Å². The summed E-state index contributed by atoms with van der Waals surface area (Å²) in [5.74, 6) is 1.77. The molecule has 0 heterocycles. The fourth-order valence-corrected chi connectivity index (χ4v) is 1.94. The number of hydrogen-bond acceptors (Lipinski definition) is 5. The number of nitrogens with zero attached hydrogens (tertiary/aromatic N) is 1. The van der Waals surface area contributed by atoms with Gasteiger partial charge in [-0.15, -0.1) is 0 Å². The molecule has 0 radical (unpaired) electrons. The molecule has 0 fully saturated rings. The molecule has 104 valence electrons. The molecule has 0 saturated heterocycles. The first-order chi connectivity index (χ1) is 9.08. The lowest BCUT2D eigenvalue weighted by molar-refractivity contribution is 0.322. The van der Waals surface area contributed by atoms with Gasteiger partial charge in [-0.2, -0.15) is 4.99 Å². The third-order valence-electron chi connectivity index (χ3n) is 2.85. The number of benzene rings is 1. The van der Waals surface area contributed by atoms with Gasteiger partial charge >= 0.3 is 0 Å². The Balaban J connectivity index is 3.39. The average Bonchev–Trinajstić information content (AvgIpc) is 2.42. The van der Waals surface area contributed by atoms with E-state index in [0.29, 0.717) is 17.2 Å². The van der Waals surface area contributed by atoms with Gasteiger partial charge in [-0.05, 0) is 23.6 Å². The fraction of sp³-hybridized carbons (Fsp3) is 0.500. The molecule has 1 aromatic carbocycles. The van der Waals surface area contributed by atoms with E-state index < -0.39 is 0 Å². The maximum atomic E-state index is 10.5. The van der Waals surface area contributed by atoms with Crippen LogP contribution in [0.4, 0.5) is 0 Å². The van der Waals surface area contributed by atoms with Crippen molar-refractivity contribution >= 4 is 6.08 Å². The first-order valence-corrected chi connectivity index (χ1v) is 5.95. The van der Waals surface area contributed by atoms with Gasteiger partial charge in [0.1, 0.15) is 0 Å². The van der Waals surface area contributed by atoms with Crippen LogP contribution in [0.5, 0.6) is 17.2 Å². The maximum absolute atomic E-state index is 10.5. The van der Waals surface area contributed by atoms with E-state index in [1.54, 1.807) is 39.5 Å². The molecule has 1 unspecified atom stereocenters. The Morgan fingerprint density at radius 3 is 1.89 bits per heavy atom. The molecule has 0 N–H and O–H groups in total. The summed E-state index contributed by atoms with van der Waals surface area (Å²) >= 11 is 0. The van der Waals surface area contributed by atoms with E-state index in [1.165, 1.54) is 0 Å². The topological polar surface area (TPSA) is 57.1 Å². The van der Waals surface area contributed by atoms with Gasteiger partial charge in [0.15, 0.2) is 11.5 Å². The normalized spacial score (nSPS) is 11.7. The zero-order valence-corrected chi connectivity index (χ0v) is 11.9. The molecule has 1 rings (SSSR count). The largest absolute Gasteiger partial charge is 0.493 e. The highest BCUT2D eigenvalue weighted by Gasteiger charge is 2.20. The van der Waals surface area contributed by atoms with Crippen LogP contribution in [0.2, 0.25) is 0 Å². The van der Waals surface area contributed by atoms with E-state index in [2.05, 4.69) is 4.99 Å². The fourth-order valence-electron chi connectivity index (χ4n) is 1.94. The number of hydrogen-bond donors (Lipinski definition) is 0. The van der Waals surface area contributed by atoms with Gasteiger partial charge in [-0.1, -0.05) is 13.8 Å². The predicted molar refractivity (Wildman–Crippen MR) is 71.8 cm³/mol. The third-order valence-corrected chi connectivity index (χ3v) is 2.85. The summed E-state index contributed by atoms with van der Waals surface area (Å²) in [4.78, 5) is 14.4. The molecule has 0 aliphatic heterocycles. The van der Waals surface area contributed by atoms with Crippen LogP contribution in [-0.2, 0) is 4.79 Å². The second-order valence-electron chi connectivity index (χ2n) is 4.37. The van der Waals surface area contributed by atoms with Crippen LogP contribution in [0.1, 0.15) is 25.5 Å².